The number of carbonyl (C=O) groups excluding carboxylic acids is 1. The van der Waals surface area contributed by atoms with Gasteiger partial charge in [-0.2, -0.15) is 11.3 Å². The number of likely N-dealkylation sites (tertiary alicyclic amines) is 1. The fourth-order valence-corrected chi connectivity index (χ4v) is 3.94. The van der Waals surface area contributed by atoms with Crippen LogP contribution < -0.4 is 0 Å². The normalized spacial score (nSPS) is 18.4. The molecule has 1 fully saturated rings. The summed E-state index contributed by atoms with van der Waals surface area (Å²) in [6.45, 7) is 1.63. The predicted octanol–water partition coefficient (Wildman–Crippen LogP) is 3.57. The Morgan fingerprint density at radius 3 is 3.09 bits per heavy atom. The number of aromatic amines is 1. The number of nitrogens with one attached hydrogen (secondary N) is 1. The van der Waals surface area contributed by atoms with Gasteiger partial charge in [0.15, 0.2) is 0 Å². The van der Waals surface area contributed by atoms with Gasteiger partial charge in [0.05, 0.1) is 17.5 Å². The van der Waals surface area contributed by atoms with Crippen molar-refractivity contribution in [2.45, 2.75) is 25.2 Å². The van der Waals surface area contributed by atoms with Gasteiger partial charge in [-0.25, -0.2) is 4.98 Å². The molecule has 0 radical (unpaired) electrons. The van der Waals surface area contributed by atoms with Crippen molar-refractivity contribution < 1.29 is 4.79 Å². The number of piperidine rings is 1. The summed E-state index contributed by atoms with van der Waals surface area (Å²) >= 11 is 1.64. The van der Waals surface area contributed by atoms with Crippen LogP contribution in [0.1, 0.15) is 30.1 Å². The number of hydrogen-bond acceptors (Lipinski definition) is 3. The second-order valence-corrected chi connectivity index (χ2v) is 6.91. The zero-order chi connectivity index (χ0) is 15.6. The van der Waals surface area contributed by atoms with Crippen LogP contribution in [0.4, 0.5) is 0 Å². The molecule has 5 heteroatoms. The van der Waals surface area contributed by atoms with Crippen molar-refractivity contribution in [3.05, 3.63) is 52.5 Å². The minimum atomic E-state index is 0.226. The summed E-state index contributed by atoms with van der Waals surface area (Å²) in [5.41, 5.74) is 3.19. The molecule has 3 aromatic rings. The molecule has 0 aliphatic carbocycles. The lowest BCUT2D eigenvalue weighted by atomic mass is 9.97. The van der Waals surface area contributed by atoms with Crippen molar-refractivity contribution in [1.82, 2.24) is 14.9 Å². The maximum Gasteiger partial charge on any atom is 0.227 e. The van der Waals surface area contributed by atoms with Gasteiger partial charge in [-0.05, 0) is 47.4 Å². The van der Waals surface area contributed by atoms with Crippen molar-refractivity contribution in [3.8, 4) is 0 Å². The number of fused-ring (bicyclic) bond motifs is 1. The standard InChI is InChI=1S/C18H19N3OS/c22-17(10-13-7-9-23-12-13)21-8-3-4-14(11-21)18-19-15-5-1-2-6-16(15)20-18/h1-2,5-7,9,12,14H,3-4,8,10-11H2,(H,19,20)/t14-/m1/s1. The topological polar surface area (TPSA) is 49.0 Å². The first kappa shape index (κ1) is 14.5. The van der Waals surface area contributed by atoms with Crippen LogP contribution in [0.25, 0.3) is 11.0 Å². The van der Waals surface area contributed by atoms with Crippen LogP contribution in [0.2, 0.25) is 0 Å². The van der Waals surface area contributed by atoms with E-state index in [2.05, 4.69) is 10.4 Å². The molecule has 2 aromatic heterocycles. The molecule has 0 unspecified atom stereocenters. The van der Waals surface area contributed by atoms with Crippen molar-refractivity contribution in [2.24, 2.45) is 0 Å². The van der Waals surface area contributed by atoms with E-state index in [1.165, 1.54) is 0 Å². The third-order valence-electron chi connectivity index (χ3n) is 4.50. The quantitative estimate of drug-likeness (QED) is 0.800. The summed E-state index contributed by atoms with van der Waals surface area (Å²) in [6.07, 6.45) is 2.63. The number of amides is 1. The van der Waals surface area contributed by atoms with E-state index in [9.17, 15) is 4.79 Å². The van der Waals surface area contributed by atoms with E-state index < -0.39 is 0 Å². The number of H-pyrrole nitrogens is 1. The highest BCUT2D eigenvalue weighted by Gasteiger charge is 2.26. The maximum atomic E-state index is 12.5. The van der Waals surface area contributed by atoms with Gasteiger partial charge in [-0.3, -0.25) is 4.79 Å². The molecule has 1 aromatic carbocycles. The third-order valence-corrected chi connectivity index (χ3v) is 5.24. The summed E-state index contributed by atoms with van der Waals surface area (Å²) in [7, 11) is 0. The van der Waals surface area contributed by atoms with Gasteiger partial charge in [-0.15, -0.1) is 0 Å². The van der Waals surface area contributed by atoms with Crippen LogP contribution >= 0.6 is 11.3 Å². The Bertz CT molecular complexity index is 776. The average molecular weight is 325 g/mol. The van der Waals surface area contributed by atoms with Gasteiger partial charge in [0.1, 0.15) is 5.82 Å². The van der Waals surface area contributed by atoms with Gasteiger partial charge in [0.2, 0.25) is 5.91 Å². The predicted molar refractivity (Wildman–Crippen MR) is 92.7 cm³/mol. The van der Waals surface area contributed by atoms with Gasteiger partial charge in [0.25, 0.3) is 0 Å². The van der Waals surface area contributed by atoms with Gasteiger partial charge in [0, 0.05) is 19.0 Å². The summed E-state index contributed by atoms with van der Waals surface area (Å²) in [4.78, 5) is 22.7. The molecule has 118 valence electrons. The molecule has 4 rings (SSSR count). The minimum absolute atomic E-state index is 0.226. The molecule has 1 N–H and O–H groups in total. The number of thiophene rings is 1. The van der Waals surface area contributed by atoms with Crippen LogP contribution in [-0.2, 0) is 11.2 Å². The SMILES string of the molecule is O=C(Cc1ccsc1)N1CCC[C@@H](c2nc3ccccc3[nH]2)C1. The zero-order valence-electron chi connectivity index (χ0n) is 12.9. The molecular formula is C18H19N3OS. The monoisotopic (exact) mass is 325 g/mol. The Morgan fingerprint density at radius 2 is 2.26 bits per heavy atom. The molecule has 1 aliphatic heterocycles. The summed E-state index contributed by atoms with van der Waals surface area (Å²) < 4.78 is 0. The molecular weight excluding hydrogens is 306 g/mol. The van der Waals surface area contributed by atoms with E-state index in [0.717, 1.165) is 48.4 Å². The van der Waals surface area contributed by atoms with Crippen molar-refractivity contribution in [3.63, 3.8) is 0 Å². The number of rotatable bonds is 3. The number of para-hydroxylation sites is 2. The van der Waals surface area contributed by atoms with Crippen LogP contribution in [0, 0.1) is 0 Å². The average Bonchev–Trinajstić information content (AvgIpc) is 3.24. The Kier molecular flexibility index (Phi) is 3.87. The Balaban J connectivity index is 1.49. The van der Waals surface area contributed by atoms with Crippen LogP contribution in [-0.4, -0.2) is 33.9 Å². The van der Waals surface area contributed by atoms with Crippen molar-refractivity contribution in [1.29, 1.82) is 0 Å². The molecule has 0 bridgehead atoms. The largest absolute Gasteiger partial charge is 0.342 e. The van der Waals surface area contributed by atoms with E-state index in [0.29, 0.717) is 12.3 Å². The van der Waals surface area contributed by atoms with Crippen molar-refractivity contribution >= 4 is 28.3 Å². The van der Waals surface area contributed by atoms with E-state index in [1.807, 2.05) is 40.6 Å². The van der Waals surface area contributed by atoms with Crippen LogP contribution in [0.15, 0.2) is 41.1 Å². The molecule has 1 amide bonds. The fourth-order valence-electron chi connectivity index (χ4n) is 3.27. The van der Waals surface area contributed by atoms with Gasteiger partial charge >= 0.3 is 0 Å². The lowest BCUT2D eigenvalue weighted by Crippen LogP contribution is -2.40. The molecule has 0 spiro atoms. The Hall–Kier alpha value is -2.14. The maximum absolute atomic E-state index is 12.5. The highest BCUT2D eigenvalue weighted by atomic mass is 32.1. The smallest absolute Gasteiger partial charge is 0.227 e. The van der Waals surface area contributed by atoms with Crippen LogP contribution in [0.3, 0.4) is 0 Å². The van der Waals surface area contributed by atoms with E-state index in [1.54, 1.807) is 11.3 Å². The number of aromatic nitrogens is 2. The number of hydrogen-bond donors (Lipinski definition) is 1. The first-order chi connectivity index (χ1) is 11.3. The second kappa shape index (κ2) is 6.16. The first-order valence-electron chi connectivity index (χ1n) is 8.03. The summed E-state index contributed by atoms with van der Waals surface area (Å²) in [5.74, 6) is 1.55. The number of benzene rings is 1. The molecule has 4 nitrogen and oxygen atoms in total. The third kappa shape index (κ3) is 3.01. The van der Waals surface area contributed by atoms with E-state index in [4.69, 9.17) is 4.98 Å². The second-order valence-electron chi connectivity index (χ2n) is 6.13. The molecule has 1 aliphatic rings. The lowest BCUT2D eigenvalue weighted by Gasteiger charge is -2.32. The fraction of sp³-hybridized carbons (Fsp3) is 0.333. The molecule has 1 atom stereocenters. The lowest BCUT2D eigenvalue weighted by molar-refractivity contribution is -0.131. The Labute approximate surface area is 139 Å². The van der Waals surface area contributed by atoms with Crippen molar-refractivity contribution in [2.75, 3.05) is 13.1 Å². The number of nitrogens with zero attached hydrogens (tertiary/aromatic N) is 2. The highest BCUT2D eigenvalue weighted by molar-refractivity contribution is 7.08. The molecule has 23 heavy (non-hydrogen) atoms. The van der Waals surface area contributed by atoms with E-state index >= 15 is 0 Å². The highest BCUT2D eigenvalue weighted by Crippen LogP contribution is 2.27. The summed E-state index contributed by atoms with van der Waals surface area (Å²) in [6, 6.07) is 10.1. The minimum Gasteiger partial charge on any atom is -0.342 e. The number of imidazole rings is 1. The molecule has 0 saturated carbocycles. The van der Waals surface area contributed by atoms with E-state index in [-0.39, 0.29) is 5.91 Å². The summed E-state index contributed by atoms with van der Waals surface area (Å²) in [5, 5.41) is 4.08. The van der Waals surface area contributed by atoms with Crippen LogP contribution in [0.5, 0.6) is 0 Å². The van der Waals surface area contributed by atoms with Gasteiger partial charge < -0.3 is 9.88 Å². The zero-order valence-corrected chi connectivity index (χ0v) is 13.7. The first-order valence-corrected chi connectivity index (χ1v) is 8.97. The number of carbonyl (C=O) groups is 1. The molecule has 1 saturated heterocycles. The molecule has 3 heterocycles. The Morgan fingerprint density at radius 1 is 1.35 bits per heavy atom. The van der Waals surface area contributed by atoms with Gasteiger partial charge in [-0.1, -0.05) is 12.1 Å².